The van der Waals surface area contributed by atoms with Gasteiger partial charge in [-0.05, 0) is 42.0 Å². The molecule has 0 aliphatic heterocycles. The molecule has 5 aromatic rings. The van der Waals surface area contributed by atoms with Gasteiger partial charge in [-0.15, -0.1) is 0 Å². The van der Waals surface area contributed by atoms with Crippen LogP contribution in [0.5, 0.6) is 0 Å². The van der Waals surface area contributed by atoms with E-state index in [2.05, 4.69) is 15.3 Å². The second-order valence-electron chi connectivity index (χ2n) is 6.91. The maximum Gasteiger partial charge on any atom is 0.270 e. The molecule has 0 aliphatic rings. The first-order chi connectivity index (χ1) is 14.7. The molecule has 1 amide bonds. The molecule has 0 fully saturated rings. The molecule has 30 heavy (non-hydrogen) atoms. The Balaban J connectivity index is 1.47. The first-order valence-electron chi connectivity index (χ1n) is 9.44. The second kappa shape index (κ2) is 7.61. The number of fused-ring (bicyclic) bond motifs is 2. The highest BCUT2D eigenvalue weighted by Crippen LogP contribution is 2.31. The van der Waals surface area contributed by atoms with Crippen molar-refractivity contribution in [3.05, 3.63) is 95.4 Å². The fraction of sp³-hybridized carbons (Fsp3) is 0.0417. The molecule has 0 radical (unpaired) electrons. The number of amides is 1. The Bertz CT molecular complexity index is 1340. The van der Waals surface area contributed by atoms with E-state index in [1.807, 2.05) is 48.5 Å². The molecule has 5 rings (SSSR count). The monoisotopic (exact) mass is 413 g/mol. The fourth-order valence-electron chi connectivity index (χ4n) is 3.34. The summed E-state index contributed by atoms with van der Waals surface area (Å²) in [6.45, 7) is 0.391. The highest BCUT2D eigenvalue weighted by molar-refractivity contribution is 6.30. The van der Waals surface area contributed by atoms with Crippen LogP contribution >= 0.6 is 11.6 Å². The minimum atomic E-state index is -0.251. The van der Waals surface area contributed by atoms with Crippen LogP contribution in [0, 0.1) is 0 Å². The maximum atomic E-state index is 12.7. The van der Waals surface area contributed by atoms with Crippen molar-refractivity contribution in [2.75, 3.05) is 0 Å². The third-order valence-corrected chi connectivity index (χ3v) is 5.14. The molecule has 3 aromatic heterocycles. The van der Waals surface area contributed by atoms with E-state index in [0.29, 0.717) is 28.5 Å². The lowest BCUT2D eigenvalue weighted by molar-refractivity contribution is 0.0946. The van der Waals surface area contributed by atoms with Crippen molar-refractivity contribution >= 4 is 39.4 Å². The Hall–Kier alpha value is -3.70. The zero-order valence-corrected chi connectivity index (χ0v) is 16.6. The Morgan fingerprint density at radius 1 is 0.967 bits per heavy atom. The van der Waals surface area contributed by atoms with Gasteiger partial charge >= 0.3 is 0 Å². The highest BCUT2D eigenvalue weighted by atomic mass is 35.5. The first kappa shape index (κ1) is 18.3. The number of hydrogen-bond donors (Lipinski definition) is 1. The van der Waals surface area contributed by atoms with E-state index in [0.717, 1.165) is 27.5 Å². The molecule has 5 nitrogen and oxygen atoms in total. The lowest BCUT2D eigenvalue weighted by atomic mass is 10.1. The molecule has 0 atom stereocenters. The highest BCUT2D eigenvalue weighted by Gasteiger charge is 2.14. The number of aromatic nitrogens is 2. The van der Waals surface area contributed by atoms with E-state index in [1.54, 1.807) is 30.6 Å². The van der Waals surface area contributed by atoms with E-state index in [-0.39, 0.29) is 5.91 Å². The number of carbonyl (C=O) groups excluding carboxylic acids is 1. The molecular weight excluding hydrogens is 398 g/mol. The summed E-state index contributed by atoms with van der Waals surface area (Å²) >= 11 is 5.91. The average Bonchev–Trinajstić information content (AvgIpc) is 3.22. The van der Waals surface area contributed by atoms with Crippen molar-refractivity contribution < 1.29 is 9.21 Å². The molecule has 2 aromatic carbocycles. The summed E-state index contributed by atoms with van der Waals surface area (Å²) in [5.74, 6) is 0.416. The predicted molar refractivity (Wildman–Crippen MR) is 117 cm³/mol. The average molecular weight is 414 g/mol. The topological polar surface area (TPSA) is 68.0 Å². The Kier molecular flexibility index (Phi) is 4.65. The summed E-state index contributed by atoms with van der Waals surface area (Å²) in [7, 11) is 0. The first-order valence-corrected chi connectivity index (χ1v) is 9.81. The van der Waals surface area contributed by atoms with Gasteiger partial charge in [0.15, 0.2) is 0 Å². The number of nitrogens with one attached hydrogen (secondary N) is 1. The van der Waals surface area contributed by atoms with Crippen molar-refractivity contribution in [1.82, 2.24) is 15.3 Å². The van der Waals surface area contributed by atoms with Gasteiger partial charge in [-0.25, -0.2) is 4.98 Å². The van der Waals surface area contributed by atoms with Crippen LogP contribution in [-0.2, 0) is 6.54 Å². The fourth-order valence-corrected chi connectivity index (χ4v) is 3.47. The summed E-state index contributed by atoms with van der Waals surface area (Å²) < 4.78 is 5.99. The van der Waals surface area contributed by atoms with Gasteiger partial charge in [-0.3, -0.25) is 9.78 Å². The molecule has 0 saturated heterocycles. The molecule has 0 saturated carbocycles. The number of benzene rings is 2. The van der Waals surface area contributed by atoms with Crippen LogP contribution in [-0.4, -0.2) is 15.9 Å². The third-order valence-electron chi connectivity index (χ3n) is 4.89. The summed E-state index contributed by atoms with van der Waals surface area (Å²) in [5, 5.41) is 5.39. The van der Waals surface area contributed by atoms with Gasteiger partial charge in [0.25, 0.3) is 5.91 Å². The molecular formula is C24H16ClN3O2. The number of para-hydroxylation sites is 1. The summed E-state index contributed by atoms with van der Waals surface area (Å²) in [6.07, 6.45) is 3.44. The Morgan fingerprint density at radius 3 is 2.63 bits per heavy atom. The van der Waals surface area contributed by atoms with Crippen LogP contribution in [0.3, 0.4) is 0 Å². The SMILES string of the molecule is O=C(NCc1ccc(Cl)cc1)c1ccc2cncc(-c3cc4ccccc4o3)c2n1. The number of halogens is 1. The number of carbonyl (C=O) groups is 1. The van der Waals surface area contributed by atoms with E-state index in [4.69, 9.17) is 16.0 Å². The van der Waals surface area contributed by atoms with Gasteiger partial charge < -0.3 is 9.73 Å². The number of pyridine rings is 2. The largest absolute Gasteiger partial charge is 0.456 e. The predicted octanol–water partition coefficient (Wildman–Crippen LogP) is 5.63. The van der Waals surface area contributed by atoms with Crippen molar-refractivity contribution in [2.24, 2.45) is 0 Å². The molecule has 0 aliphatic carbocycles. The van der Waals surface area contributed by atoms with Crippen molar-refractivity contribution in [1.29, 1.82) is 0 Å². The van der Waals surface area contributed by atoms with Crippen LogP contribution < -0.4 is 5.32 Å². The zero-order valence-electron chi connectivity index (χ0n) is 15.8. The van der Waals surface area contributed by atoms with E-state index in [9.17, 15) is 4.79 Å². The molecule has 6 heteroatoms. The van der Waals surface area contributed by atoms with Crippen LogP contribution in [0.25, 0.3) is 33.2 Å². The summed E-state index contributed by atoms with van der Waals surface area (Å²) in [4.78, 5) is 21.6. The third kappa shape index (κ3) is 3.51. The maximum absolute atomic E-state index is 12.7. The van der Waals surface area contributed by atoms with Gasteiger partial charge in [0, 0.05) is 34.7 Å². The summed E-state index contributed by atoms with van der Waals surface area (Å²) in [6, 6.07) is 20.6. The van der Waals surface area contributed by atoms with Gasteiger partial charge in [0.2, 0.25) is 0 Å². The number of nitrogens with zero attached hydrogens (tertiary/aromatic N) is 2. The zero-order chi connectivity index (χ0) is 20.5. The molecule has 1 N–H and O–H groups in total. The van der Waals surface area contributed by atoms with E-state index >= 15 is 0 Å². The quantitative estimate of drug-likeness (QED) is 0.414. The van der Waals surface area contributed by atoms with E-state index < -0.39 is 0 Å². The van der Waals surface area contributed by atoms with Crippen LogP contribution in [0.2, 0.25) is 5.02 Å². The van der Waals surface area contributed by atoms with Gasteiger partial charge in [-0.2, -0.15) is 0 Å². The Morgan fingerprint density at radius 2 is 1.80 bits per heavy atom. The minimum absolute atomic E-state index is 0.251. The van der Waals surface area contributed by atoms with Crippen LogP contribution in [0.15, 0.2) is 83.5 Å². The summed E-state index contributed by atoms with van der Waals surface area (Å²) in [5.41, 5.74) is 3.50. The minimum Gasteiger partial charge on any atom is -0.456 e. The van der Waals surface area contributed by atoms with Crippen molar-refractivity contribution in [3.8, 4) is 11.3 Å². The Labute approximate surface area is 177 Å². The lowest BCUT2D eigenvalue weighted by Crippen LogP contribution is -2.23. The van der Waals surface area contributed by atoms with Crippen molar-refractivity contribution in [3.63, 3.8) is 0 Å². The van der Waals surface area contributed by atoms with Crippen molar-refractivity contribution in [2.45, 2.75) is 6.54 Å². The van der Waals surface area contributed by atoms with Gasteiger partial charge in [0.1, 0.15) is 17.0 Å². The van der Waals surface area contributed by atoms with E-state index in [1.165, 1.54) is 0 Å². The molecule has 0 bridgehead atoms. The standard InChI is InChI=1S/C24H16ClN3O2/c25-18-8-5-15(6-9-18)12-27-24(29)20-10-7-17-13-26-14-19(23(17)28-20)22-11-16-3-1-2-4-21(16)30-22/h1-11,13-14H,12H2,(H,27,29). The molecule has 146 valence electrons. The molecule has 0 spiro atoms. The normalized spacial score (nSPS) is 11.1. The number of furan rings is 1. The van der Waals surface area contributed by atoms with Crippen LogP contribution in [0.1, 0.15) is 16.1 Å². The molecule has 0 unspecified atom stereocenters. The van der Waals surface area contributed by atoms with Gasteiger partial charge in [-0.1, -0.05) is 41.9 Å². The lowest BCUT2D eigenvalue weighted by Gasteiger charge is -2.07. The smallest absolute Gasteiger partial charge is 0.270 e. The van der Waals surface area contributed by atoms with Gasteiger partial charge in [0.05, 0.1) is 11.1 Å². The molecule has 3 heterocycles. The number of hydrogen-bond acceptors (Lipinski definition) is 4. The second-order valence-corrected chi connectivity index (χ2v) is 7.35. The van der Waals surface area contributed by atoms with Crippen LogP contribution in [0.4, 0.5) is 0 Å². The number of rotatable bonds is 4.